The van der Waals surface area contributed by atoms with Gasteiger partial charge in [-0.05, 0) is 35.9 Å². The van der Waals surface area contributed by atoms with Crippen molar-refractivity contribution in [3.63, 3.8) is 0 Å². The van der Waals surface area contributed by atoms with E-state index < -0.39 is 5.97 Å². The minimum Gasteiger partial charge on any atom is -0.545 e. The standard InChI is InChI=1S/C19H12ClN3O2.C5H14NO/c20-12-2-1-3-13(9-12)22-18-15-6-7-21-10-16(15)14-5-4-11(19(24)25)8-17(14)23-18;1-6(2,3)4-5-7/h1-10H,(H,22,23)(H,24,25);7H,4-5H2,1-3H3/q;+1/p-1. The van der Waals surface area contributed by atoms with Crippen molar-refractivity contribution in [1.29, 1.82) is 0 Å². The number of anilines is 2. The second-order valence-corrected chi connectivity index (χ2v) is 8.71. The summed E-state index contributed by atoms with van der Waals surface area (Å²) in [6, 6.07) is 13.9. The van der Waals surface area contributed by atoms with Gasteiger partial charge in [-0.15, -0.1) is 0 Å². The lowest BCUT2D eigenvalue weighted by Crippen LogP contribution is -2.36. The fourth-order valence-electron chi connectivity index (χ4n) is 3.07. The SMILES string of the molecule is C[N+](C)(C)CCO.O=C([O-])c1ccc2c(c1)nc(Nc1cccc(Cl)c1)c1ccncc12. The Hall–Kier alpha value is -3.26. The van der Waals surface area contributed by atoms with E-state index >= 15 is 0 Å². The van der Waals surface area contributed by atoms with Crippen molar-refractivity contribution in [2.24, 2.45) is 0 Å². The van der Waals surface area contributed by atoms with Crippen LogP contribution in [-0.4, -0.2) is 59.8 Å². The number of pyridine rings is 2. The zero-order valence-electron chi connectivity index (χ0n) is 18.2. The summed E-state index contributed by atoms with van der Waals surface area (Å²) < 4.78 is 0.844. The van der Waals surface area contributed by atoms with Crippen molar-refractivity contribution in [3.8, 4) is 0 Å². The molecule has 0 unspecified atom stereocenters. The molecule has 2 heterocycles. The number of halogens is 1. The summed E-state index contributed by atoms with van der Waals surface area (Å²) in [5.74, 6) is -0.637. The first-order valence-electron chi connectivity index (χ1n) is 10.0. The number of aromatic nitrogens is 2. The van der Waals surface area contributed by atoms with E-state index in [1.807, 2.05) is 18.2 Å². The molecule has 0 amide bonds. The molecule has 0 atom stereocenters. The molecule has 0 aliphatic carbocycles. The molecule has 2 N–H and O–H groups in total. The number of carboxylic acid groups (broad SMARTS) is 1. The second kappa shape index (κ2) is 9.91. The van der Waals surface area contributed by atoms with E-state index in [1.54, 1.807) is 30.6 Å². The van der Waals surface area contributed by atoms with Crippen LogP contribution >= 0.6 is 11.6 Å². The summed E-state index contributed by atoms with van der Waals surface area (Å²) in [5.41, 5.74) is 1.41. The number of nitrogens with one attached hydrogen (secondary N) is 1. The molecule has 0 aliphatic heterocycles. The van der Waals surface area contributed by atoms with Crippen LogP contribution in [0.2, 0.25) is 5.02 Å². The Morgan fingerprint density at radius 2 is 1.88 bits per heavy atom. The molecule has 0 fully saturated rings. The average Bonchev–Trinajstić information content (AvgIpc) is 2.73. The highest BCUT2D eigenvalue weighted by Crippen LogP contribution is 2.31. The first-order chi connectivity index (χ1) is 15.2. The van der Waals surface area contributed by atoms with Gasteiger partial charge in [0.05, 0.1) is 39.2 Å². The number of aliphatic hydroxyl groups is 1. The zero-order chi connectivity index (χ0) is 23.3. The van der Waals surface area contributed by atoms with Gasteiger partial charge in [-0.2, -0.15) is 0 Å². The van der Waals surface area contributed by atoms with Crippen LogP contribution in [0.25, 0.3) is 21.7 Å². The number of aliphatic hydroxyl groups excluding tert-OH is 1. The molecule has 2 aromatic carbocycles. The number of aromatic carboxylic acids is 1. The van der Waals surface area contributed by atoms with E-state index in [-0.39, 0.29) is 12.2 Å². The zero-order valence-corrected chi connectivity index (χ0v) is 18.9. The minimum atomic E-state index is -1.24. The molecule has 0 saturated carbocycles. The lowest BCUT2D eigenvalue weighted by molar-refractivity contribution is -0.870. The van der Waals surface area contributed by atoms with Gasteiger partial charge in [0.15, 0.2) is 0 Å². The second-order valence-electron chi connectivity index (χ2n) is 8.27. The van der Waals surface area contributed by atoms with Crippen molar-refractivity contribution in [3.05, 3.63) is 71.5 Å². The average molecular weight is 453 g/mol. The lowest BCUT2D eigenvalue weighted by atomic mass is 10.1. The van der Waals surface area contributed by atoms with Crippen LogP contribution in [0, 0.1) is 0 Å². The number of benzene rings is 2. The maximum atomic E-state index is 11.1. The molecule has 32 heavy (non-hydrogen) atoms. The van der Waals surface area contributed by atoms with E-state index in [0.717, 1.165) is 32.9 Å². The van der Waals surface area contributed by atoms with Crippen LogP contribution in [0.1, 0.15) is 10.4 Å². The molecule has 7 nitrogen and oxygen atoms in total. The number of hydrogen-bond acceptors (Lipinski definition) is 6. The van der Waals surface area contributed by atoms with Crippen molar-refractivity contribution in [2.45, 2.75) is 0 Å². The Morgan fingerprint density at radius 3 is 2.50 bits per heavy atom. The number of carbonyl (C=O) groups excluding carboxylic acids is 1. The Kier molecular flexibility index (Phi) is 7.25. The maximum absolute atomic E-state index is 11.1. The van der Waals surface area contributed by atoms with Crippen molar-refractivity contribution >= 4 is 50.8 Å². The van der Waals surface area contributed by atoms with Gasteiger partial charge in [-0.1, -0.05) is 29.8 Å². The number of hydrogen-bond donors (Lipinski definition) is 2. The fraction of sp³-hybridized carbons (Fsp3) is 0.208. The van der Waals surface area contributed by atoms with E-state index in [0.29, 0.717) is 16.4 Å². The van der Waals surface area contributed by atoms with Crippen LogP contribution < -0.4 is 10.4 Å². The summed E-state index contributed by atoms with van der Waals surface area (Å²) in [4.78, 5) is 19.9. The predicted molar refractivity (Wildman–Crippen MR) is 126 cm³/mol. The third-order valence-corrected chi connectivity index (χ3v) is 4.93. The van der Waals surface area contributed by atoms with Crippen molar-refractivity contribution in [2.75, 3.05) is 39.6 Å². The number of carboxylic acids is 1. The van der Waals surface area contributed by atoms with E-state index in [2.05, 4.69) is 36.4 Å². The van der Waals surface area contributed by atoms with Crippen LogP contribution in [0.15, 0.2) is 60.9 Å². The summed E-state index contributed by atoms with van der Waals surface area (Å²) in [6.45, 7) is 1.11. The molecule has 0 spiro atoms. The Labute approximate surface area is 191 Å². The normalized spacial score (nSPS) is 11.2. The molecule has 0 bridgehead atoms. The molecule has 0 saturated heterocycles. The van der Waals surface area contributed by atoms with Gasteiger partial charge in [0.1, 0.15) is 12.4 Å². The molecule has 4 aromatic rings. The van der Waals surface area contributed by atoms with Crippen LogP contribution in [0.4, 0.5) is 11.5 Å². The summed E-state index contributed by atoms with van der Waals surface area (Å²) in [7, 11) is 6.16. The monoisotopic (exact) mass is 452 g/mol. The van der Waals surface area contributed by atoms with Gasteiger partial charge in [0.25, 0.3) is 0 Å². The Bertz CT molecular complexity index is 1260. The van der Waals surface area contributed by atoms with Crippen LogP contribution in [0.5, 0.6) is 0 Å². The number of nitrogens with zero attached hydrogens (tertiary/aromatic N) is 3. The summed E-state index contributed by atoms with van der Waals surface area (Å²) in [6.07, 6.45) is 3.43. The molecule has 0 radical (unpaired) electrons. The summed E-state index contributed by atoms with van der Waals surface area (Å²) >= 11 is 6.04. The van der Waals surface area contributed by atoms with Gasteiger partial charge < -0.3 is 24.8 Å². The third-order valence-electron chi connectivity index (χ3n) is 4.69. The number of carbonyl (C=O) groups is 1. The van der Waals surface area contributed by atoms with E-state index in [1.165, 1.54) is 12.1 Å². The largest absolute Gasteiger partial charge is 0.545 e. The highest BCUT2D eigenvalue weighted by atomic mass is 35.5. The minimum absolute atomic E-state index is 0.0805. The van der Waals surface area contributed by atoms with Crippen LogP contribution in [-0.2, 0) is 0 Å². The highest BCUT2D eigenvalue weighted by Gasteiger charge is 2.10. The van der Waals surface area contributed by atoms with Crippen molar-refractivity contribution < 1.29 is 19.5 Å². The van der Waals surface area contributed by atoms with Gasteiger partial charge in [0, 0.05) is 39.3 Å². The molecule has 4 rings (SSSR count). The van der Waals surface area contributed by atoms with Gasteiger partial charge in [-0.25, -0.2) is 4.98 Å². The third kappa shape index (κ3) is 5.91. The highest BCUT2D eigenvalue weighted by molar-refractivity contribution is 6.30. The molecule has 8 heteroatoms. The maximum Gasteiger partial charge on any atom is 0.139 e. The van der Waals surface area contributed by atoms with Gasteiger partial charge >= 0.3 is 0 Å². The first-order valence-corrected chi connectivity index (χ1v) is 10.4. The Balaban J connectivity index is 0.000000360. The lowest BCUT2D eigenvalue weighted by Gasteiger charge is -2.21. The number of quaternary nitrogens is 1. The topological polar surface area (TPSA) is 98.2 Å². The summed E-state index contributed by atoms with van der Waals surface area (Å²) in [5, 5.41) is 26.0. The molecular formula is C24H25ClN4O3. The molecule has 0 aliphatic rings. The van der Waals surface area contributed by atoms with Gasteiger partial charge in [-0.3, -0.25) is 4.98 Å². The number of likely N-dealkylation sites (N-methyl/N-ethyl adjacent to an activating group) is 1. The number of rotatable bonds is 5. The Morgan fingerprint density at radius 1 is 1.09 bits per heavy atom. The van der Waals surface area contributed by atoms with Crippen molar-refractivity contribution in [1.82, 2.24) is 9.97 Å². The van der Waals surface area contributed by atoms with Gasteiger partial charge in [0.2, 0.25) is 0 Å². The molecular weight excluding hydrogens is 428 g/mol. The molecule has 166 valence electrons. The fourth-order valence-corrected chi connectivity index (χ4v) is 3.26. The molecule has 2 aromatic heterocycles. The van der Waals surface area contributed by atoms with Crippen LogP contribution in [0.3, 0.4) is 0 Å². The predicted octanol–water partition coefficient (Wildman–Crippen LogP) is 3.23. The van der Waals surface area contributed by atoms with E-state index in [9.17, 15) is 9.90 Å². The smallest absolute Gasteiger partial charge is 0.139 e. The number of fused-ring (bicyclic) bond motifs is 3. The quantitative estimate of drug-likeness (QED) is 0.356. The first kappa shape index (κ1) is 23.4. The van der Waals surface area contributed by atoms with E-state index in [4.69, 9.17) is 16.7 Å².